The van der Waals surface area contributed by atoms with Crippen LogP contribution < -0.4 is 5.43 Å². The van der Waals surface area contributed by atoms with E-state index in [1.54, 1.807) is 41.1 Å². The van der Waals surface area contributed by atoms with Crippen molar-refractivity contribution in [3.8, 4) is 6.07 Å². The van der Waals surface area contributed by atoms with E-state index in [0.717, 1.165) is 0 Å². The molecule has 4 nitrogen and oxygen atoms in total. The van der Waals surface area contributed by atoms with E-state index in [1.807, 2.05) is 6.07 Å². The normalized spacial score (nSPS) is 10.5. The fraction of sp³-hybridized carbons (Fsp3) is 0.0625. The Morgan fingerprint density at radius 1 is 1.19 bits per heavy atom. The number of hydrogen-bond donors (Lipinski definition) is 0. The van der Waals surface area contributed by atoms with Gasteiger partial charge in [-0.25, -0.2) is 4.39 Å². The average Bonchev–Trinajstić information content (AvgIpc) is 2.52. The highest BCUT2D eigenvalue weighted by Gasteiger charge is 2.10. The Labute approximate surface area is 119 Å². The van der Waals surface area contributed by atoms with E-state index in [0.29, 0.717) is 16.5 Å². The third kappa shape index (κ3) is 2.28. The molecule has 0 unspecified atom stereocenters. The van der Waals surface area contributed by atoms with E-state index >= 15 is 0 Å². The first-order valence-corrected chi connectivity index (χ1v) is 6.33. The smallest absolute Gasteiger partial charge is 0.207 e. The highest BCUT2D eigenvalue weighted by Crippen LogP contribution is 2.15. The third-order valence-corrected chi connectivity index (χ3v) is 3.28. The van der Waals surface area contributed by atoms with Gasteiger partial charge in [-0.3, -0.25) is 9.48 Å². The van der Waals surface area contributed by atoms with Crippen molar-refractivity contribution in [1.82, 2.24) is 9.78 Å². The van der Waals surface area contributed by atoms with E-state index in [2.05, 4.69) is 5.10 Å². The molecule has 0 aliphatic rings. The second kappa shape index (κ2) is 5.17. The number of hydrogen-bond acceptors (Lipinski definition) is 3. The van der Waals surface area contributed by atoms with Crippen LogP contribution in [0.4, 0.5) is 4.39 Å². The van der Waals surface area contributed by atoms with E-state index in [1.165, 1.54) is 12.3 Å². The van der Waals surface area contributed by atoms with Gasteiger partial charge in [0.05, 0.1) is 23.8 Å². The summed E-state index contributed by atoms with van der Waals surface area (Å²) < 4.78 is 15.7. The maximum absolute atomic E-state index is 14.1. The Kier molecular flexibility index (Phi) is 3.20. The van der Waals surface area contributed by atoms with Gasteiger partial charge in [0.15, 0.2) is 0 Å². The molecule has 21 heavy (non-hydrogen) atoms. The topological polar surface area (TPSA) is 58.7 Å². The van der Waals surface area contributed by atoms with Gasteiger partial charge in [0.1, 0.15) is 11.9 Å². The van der Waals surface area contributed by atoms with Crippen LogP contribution in [0.2, 0.25) is 0 Å². The van der Waals surface area contributed by atoms with Crippen LogP contribution in [0.3, 0.4) is 0 Å². The molecule has 0 aliphatic heterocycles. The molecular formula is C16H10FN3O. The molecule has 0 saturated heterocycles. The van der Waals surface area contributed by atoms with Crippen LogP contribution in [0.15, 0.2) is 53.5 Å². The summed E-state index contributed by atoms with van der Waals surface area (Å²) in [5.74, 6) is -0.551. The number of nitriles is 1. The van der Waals surface area contributed by atoms with Gasteiger partial charge in [-0.15, -0.1) is 0 Å². The Hall–Kier alpha value is -3.00. The molecule has 0 saturated carbocycles. The molecule has 0 aliphatic carbocycles. The van der Waals surface area contributed by atoms with Crippen LogP contribution >= 0.6 is 0 Å². The minimum Gasteiger partial charge on any atom is -0.287 e. The second-order valence-corrected chi connectivity index (χ2v) is 4.57. The maximum atomic E-state index is 14.1. The van der Waals surface area contributed by atoms with Crippen LogP contribution in [-0.2, 0) is 6.54 Å². The third-order valence-electron chi connectivity index (χ3n) is 3.28. The number of aromatic nitrogens is 2. The molecule has 0 amide bonds. The predicted molar refractivity (Wildman–Crippen MR) is 76.2 cm³/mol. The lowest BCUT2D eigenvalue weighted by Crippen LogP contribution is -2.13. The van der Waals surface area contributed by atoms with Crippen LogP contribution in [0.5, 0.6) is 0 Å². The van der Waals surface area contributed by atoms with Gasteiger partial charge < -0.3 is 0 Å². The highest BCUT2D eigenvalue weighted by molar-refractivity contribution is 5.78. The molecule has 0 spiro atoms. The molecule has 1 heterocycles. The summed E-state index contributed by atoms with van der Waals surface area (Å²) in [6, 6.07) is 13.5. The van der Waals surface area contributed by atoms with Crippen molar-refractivity contribution >= 4 is 10.9 Å². The van der Waals surface area contributed by atoms with Gasteiger partial charge in [0.2, 0.25) is 5.43 Å². The molecular weight excluding hydrogens is 269 g/mol. The van der Waals surface area contributed by atoms with Crippen molar-refractivity contribution in [3.63, 3.8) is 0 Å². The predicted octanol–water partition coefficient (Wildman–Crippen LogP) is 2.46. The van der Waals surface area contributed by atoms with Gasteiger partial charge >= 0.3 is 0 Å². The molecule has 0 bridgehead atoms. The zero-order chi connectivity index (χ0) is 14.8. The quantitative estimate of drug-likeness (QED) is 0.724. The molecule has 3 aromatic rings. The SMILES string of the molecule is N#Cc1cccc(Cn2ncc(=O)c3ccccc32)c1F. The van der Waals surface area contributed by atoms with Crippen LogP contribution in [0.1, 0.15) is 11.1 Å². The van der Waals surface area contributed by atoms with Crippen molar-refractivity contribution in [3.05, 3.63) is 75.8 Å². The van der Waals surface area contributed by atoms with E-state index in [9.17, 15) is 9.18 Å². The minimum absolute atomic E-state index is 0.00199. The Bertz CT molecular complexity index is 925. The summed E-state index contributed by atoms with van der Waals surface area (Å²) in [6.45, 7) is 0.155. The Balaban J connectivity index is 2.14. The molecule has 1 aromatic heterocycles. The van der Waals surface area contributed by atoms with Gasteiger partial charge in [-0.05, 0) is 18.2 Å². The Morgan fingerprint density at radius 3 is 2.81 bits per heavy atom. The number of fused-ring (bicyclic) bond motifs is 1. The second-order valence-electron chi connectivity index (χ2n) is 4.57. The summed E-state index contributed by atoms with van der Waals surface area (Å²) in [5, 5.41) is 13.4. The molecule has 5 heteroatoms. The number of rotatable bonds is 2. The average molecular weight is 279 g/mol. The fourth-order valence-corrected chi connectivity index (χ4v) is 2.24. The molecule has 0 radical (unpaired) electrons. The number of para-hydroxylation sites is 1. The maximum Gasteiger partial charge on any atom is 0.207 e. The zero-order valence-corrected chi connectivity index (χ0v) is 11.0. The van der Waals surface area contributed by atoms with Crippen molar-refractivity contribution in [1.29, 1.82) is 5.26 Å². The van der Waals surface area contributed by atoms with Crippen molar-refractivity contribution in [2.24, 2.45) is 0 Å². The van der Waals surface area contributed by atoms with Crippen molar-refractivity contribution in [2.75, 3.05) is 0 Å². The molecule has 2 aromatic carbocycles. The lowest BCUT2D eigenvalue weighted by molar-refractivity contribution is 0.584. The standard InChI is InChI=1S/C16H10FN3O/c17-16-11(8-18)4-3-5-12(16)10-20-14-7-2-1-6-13(14)15(21)9-19-20/h1-7,9H,10H2. The molecule has 0 atom stereocenters. The molecule has 0 fully saturated rings. The molecule has 102 valence electrons. The van der Waals surface area contributed by atoms with Crippen LogP contribution in [0, 0.1) is 17.1 Å². The summed E-state index contributed by atoms with van der Waals surface area (Å²) in [4.78, 5) is 11.8. The van der Waals surface area contributed by atoms with E-state index in [4.69, 9.17) is 5.26 Å². The minimum atomic E-state index is -0.551. The monoisotopic (exact) mass is 279 g/mol. The fourth-order valence-electron chi connectivity index (χ4n) is 2.24. The van der Waals surface area contributed by atoms with Crippen molar-refractivity contribution in [2.45, 2.75) is 6.54 Å². The number of nitrogens with zero attached hydrogens (tertiary/aromatic N) is 3. The summed E-state index contributed by atoms with van der Waals surface area (Å²) in [6.07, 6.45) is 1.22. The lowest BCUT2D eigenvalue weighted by Gasteiger charge is -2.10. The first-order valence-electron chi connectivity index (χ1n) is 6.33. The largest absolute Gasteiger partial charge is 0.287 e. The summed E-state index contributed by atoms with van der Waals surface area (Å²) in [5.41, 5.74) is 0.813. The lowest BCUT2D eigenvalue weighted by atomic mass is 10.1. The van der Waals surface area contributed by atoms with Crippen LogP contribution in [-0.4, -0.2) is 9.78 Å². The summed E-state index contributed by atoms with van der Waals surface area (Å²) >= 11 is 0. The highest BCUT2D eigenvalue weighted by atomic mass is 19.1. The van der Waals surface area contributed by atoms with E-state index < -0.39 is 5.82 Å². The van der Waals surface area contributed by atoms with Crippen molar-refractivity contribution < 1.29 is 4.39 Å². The first kappa shape index (κ1) is 13.0. The van der Waals surface area contributed by atoms with Gasteiger partial charge in [-0.2, -0.15) is 10.4 Å². The van der Waals surface area contributed by atoms with Crippen LogP contribution in [0.25, 0.3) is 10.9 Å². The summed E-state index contributed by atoms with van der Waals surface area (Å²) in [7, 11) is 0. The number of benzene rings is 2. The van der Waals surface area contributed by atoms with E-state index in [-0.39, 0.29) is 17.5 Å². The number of halogens is 1. The van der Waals surface area contributed by atoms with Gasteiger partial charge in [0.25, 0.3) is 0 Å². The van der Waals surface area contributed by atoms with Gasteiger partial charge in [0, 0.05) is 10.9 Å². The molecule has 0 N–H and O–H groups in total. The molecule has 3 rings (SSSR count). The first-order chi connectivity index (χ1) is 10.2. The zero-order valence-electron chi connectivity index (χ0n) is 11.0. The Morgan fingerprint density at radius 2 is 2.00 bits per heavy atom. The van der Waals surface area contributed by atoms with Gasteiger partial charge in [-0.1, -0.05) is 24.3 Å².